The van der Waals surface area contributed by atoms with E-state index in [4.69, 9.17) is 0 Å². The van der Waals surface area contributed by atoms with Gasteiger partial charge in [-0.15, -0.1) is 0 Å². The molecule has 0 amide bonds. The fourth-order valence-corrected chi connectivity index (χ4v) is 6.78. The summed E-state index contributed by atoms with van der Waals surface area (Å²) in [5.74, 6) is -2.03. The molecule has 0 saturated heterocycles. The van der Waals surface area contributed by atoms with Crippen LogP contribution < -0.4 is 0 Å². The molecule has 4 aromatic rings. The zero-order chi connectivity index (χ0) is 23.1. The molecular formula is C30H20O4. The number of carboxylic acids is 2. The Hall–Kier alpha value is -4.18. The Morgan fingerprint density at radius 2 is 0.735 bits per heavy atom. The van der Waals surface area contributed by atoms with E-state index in [2.05, 4.69) is 48.5 Å². The van der Waals surface area contributed by atoms with Gasteiger partial charge in [-0.2, -0.15) is 0 Å². The molecule has 4 nitrogen and oxygen atoms in total. The van der Waals surface area contributed by atoms with Crippen LogP contribution in [-0.2, 0) is 0 Å². The Morgan fingerprint density at radius 3 is 1.06 bits per heavy atom. The van der Waals surface area contributed by atoms with Crippen molar-refractivity contribution in [1.82, 2.24) is 0 Å². The van der Waals surface area contributed by atoms with Crippen LogP contribution in [-0.4, -0.2) is 22.2 Å². The summed E-state index contributed by atoms with van der Waals surface area (Å²) in [6, 6.07) is 28.1. The van der Waals surface area contributed by atoms with Gasteiger partial charge < -0.3 is 10.2 Å². The van der Waals surface area contributed by atoms with Gasteiger partial charge in [-0.3, -0.25) is 0 Å². The summed E-state index contributed by atoms with van der Waals surface area (Å²) >= 11 is 0. The highest BCUT2D eigenvalue weighted by Gasteiger charge is 2.49. The van der Waals surface area contributed by atoms with E-state index in [1.54, 1.807) is 12.1 Å². The average molecular weight is 444 g/mol. The van der Waals surface area contributed by atoms with E-state index >= 15 is 0 Å². The zero-order valence-corrected chi connectivity index (χ0v) is 18.1. The van der Waals surface area contributed by atoms with Crippen LogP contribution in [0.3, 0.4) is 0 Å². The van der Waals surface area contributed by atoms with Crippen LogP contribution in [0.4, 0.5) is 0 Å². The van der Waals surface area contributed by atoms with E-state index in [-0.39, 0.29) is 23.7 Å². The predicted molar refractivity (Wildman–Crippen MR) is 127 cm³/mol. The maximum Gasteiger partial charge on any atom is 0.335 e. The van der Waals surface area contributed by atoms with Gasteiger partial charge >= 0.3 is 11.9 Å². The molecule has 4 atom stereocenters. The molecule has 6 aliphatic rings. The molecule has 0 fully saturated rings. The van der Waals surface area contributed by atoms with E-state index in [0.29, 0.717) is 11.1 Å². The van der Waals surface area contributed by atoms with E-state index in [0.717, 1.165) is 22.3 Å². The van der Waals surface area contributed by atoms with Gasteiger partial charge in [0, 0.05) is 23.7 Å². The molecule has 4 aromatic carbocycles. The SMILES string of the molecule is O=C(O)c1ccc2c(c1)[C@H]1c3ccccc3[C@@H]2[C@H]2c3ccccc3[C@@H]1c1ccc(C(=O)O)cc12. The first-order chi connectivity index (χ1) is 16.5. The summed E-state index contributed by atoms with van der Waals surface area (Å²) in [6.45, 7) is 0. The monoisotopic (exact) mass is 444 g/mol. The fraction of sp³-hybridized carbons (Fsp3) is 0.133. The Balaban J connectivity index is 1.63. The molecule has 0 unspecified atom stereocenters. The number of aromatic carboxylic acids is 2. The molecule has 0 saturated carbocycles. The molecule has 0 spiro atoms. The zero-order valence-electron chi connectivity index (χ0n) is 18.1. The molecule has 0 aromatic heterocycles. The molecule has 164 valence electrons. The van der Waals surface area contributed by atoms with Crippen molar-refractivity contribution in [2.75, 3.05) is 0 Å². The molecule has 10 rings (SSSR count). The highest BCUT2D eigenvalue weighted by Crippen LogP contribution is 2.63. The highest BCUT2D eigenvalue weighted by atomic mass is 16.4. The lowest BCUT2D eigenvalue weighted by molar-refractivity contribution is 0.0686. The van der Waals surface area contributed by atoms with Crippen molar-refractivity contribution in [1.29, 1.82) is 0 Å². The lowest BCUT2D eigenvalue weighted by atomic mass is 9.53. The third-order valence-electron chi connectivity index (χ3n) is 8.01. The summed E-state index contributed by atoms with van der Waals surface area (Å²) in [6.07, 6.45) is 0. The molecule has 4 heteroatoms. The van der Waals surface area contributed by atoms with Crippen molar-refractivity contribution in [3.05, 3.63) is 141 Å². The average Bonchev–Trinajstić information content (AvgIpc) is 2.84. The number of benzene rings is 4. The van der Waals surface area contributed by atoms with Gasteiger partial charge in [0.1, 0.15) is 0 Å². The first kappa shape index (κ1) is 19.3. The molecule has 0 heterocycles. The predicted octanol–water partition coefficient (Wildman–Crippen LogP) is 5.95. The molecular weight excluding hydrogens is 424 g/mol. The van der Waals surface area contributed by atoms with Crippen LogP contribution >= 0.6 is 0 Å². The summed E-state index contributed by atoms with van der Waals surface area (Å²) in [5, 5.41) is 19.5. The first-order valence-corrected chi connectivity index (χ1v) is 11.5. The van der Waals surface area contributed by atoms with Crippen LogP contribution in [0.2, 0.25) is 0 Å². The van der Waals surface area contributed by atoms with E-state index in [9.17, 15) is 19.8 Å². The van der Waals surface area contributed by atoms with Crippen LogP contribution in [0.1, 0.15) is 88.9 Å². The number of hydrogen-bond acceptors (Lipinski definition) is 2. The van der Waals surface area contributed by atoms with Crippen molar-refractivity contribution in [2.24, 2.45) is 0 Å². The van der Waals surface area contributed by atoms with E-state index < -0.39 is 11.9 Å². The topological polar surface area (TPSA) is 74.6 Å². The third-order valence-corrected chi connectivity index (χ3v) is 8.01. The molecule has 34 heavy (non-hydrogen) atoms. The number of carboxylic acid groups (broad SMARTS) is 2. The smallest absolute Gasteiger partial charge is 0.335 e. The number of rotatable bonds is 2. The van der Waals surface area contributed by atoms with Crippen molar-refractivity contribution in [3.63, 3.8) is 0 Å². The van der Waals surface area contributed by atoms with Gasteiger partial charge in [0.15, 0.2) is 0 Å². The van der Waals surface area contributed by atoms with Gasteiger partial charge in [0.2, 0.25) is 0 Å². The molecule has 4 bridgehead atoms. The van der Waals surface area contributed by atoms with Gasteiger partial charge in [0.25, 0.3) is 0 Å². The Bertz CT molecular complexity index is 1430. The standard InChI is InChI=1S/C30H20O4/c31-29(32)15-9-11-21-23(13-15)27-19-7-3-1-5-17(19)25(21)28-20-8-4-2-6-18(20)26(27)22-12-10-16(30(33)34)14-24(22)28/h1-14,25-28H,(H,31,32)(H,33,34)/t25-,26+,27+,28-. The second kappa shape index (κ2) is 6.67. The normalized spacial score (nSPS) is 22.6. The summed E-state index contributed by atoms with van der Waals surface area (Å²) in [7, 11) is 0. The summed E-state index contributed by atoms with van der Waals surface area (Å²) in [4.78, 5) is 23.8. The van der Waals surface area contributed by atoms with Gasteiger partial charge in [0.05, 0.1) is 11.1 Å². The molecule has 6 aliphatic carbocycles. The maximum atomic E-state index is 11.9. The molecule has 0 aliphatic heterocycles. The summed E-state index contributed by atoms with van der Waals surface area (Å²) in [5.41, 5.74) is 10.00. The largest absolute Gasteiger partial charge is 0.478 e. The van der Waals surface area contributed by atoms with Crippen LogP contribution in [0.15, 0.2) is 84.9 Å². The lowest BCUT2D eigenvalue weighted by Gasteiger charge is -2.50. The van der Waals surface area contributed by atoms with Crippen molar-refractivity contribution < 1.29 is 19.8 Å². The van der Waals surface area contributed by atoms with Crippen LogP contribution in [0.25, 0.3) is 0 Å². The minimum absolute atomic E-state index is 0.0320. The van der Waals surface area contributed by atoms with Gasteiger partial charge in [-0.05, 0) is 68.8 Å². The van der Waals surface area contributed by atoms with Crippen molar-refractivity contribution in [2.45, 2.75) is 23.7 Å². The second-order valence-electron chi connectivity index (χ2n) is 9.47. The Labute approximate surface area is 196 Å². The Kier molecular flexibility index (Phi) is 3.79. The minimum atomic E-state index is -0.925. The van der Waals surface area contributed by atoms with Gasteiger partial charge in [-0.25, -0.2) is 9.59 Å². The first-order valence-electron chi connectivity index (χ1n) is 11.5. The van der Waals surface area contributed by atoms with Crippen LogP contribution in [0.5, 0.6) is 0 Å². The van der Waals surface area contributed by atoms with Gasteiger partial charge in [-0.1, -0.05) is 60.7 Å². The quantitative estimate of drug-likeness (QED) is 0.401. The maximum absolute atomic E-state index is 11.9. The second-order valence-corrected chi connectivity index (χ2v) is 9.47. The van der Waals surface area contributed by atoms with Crippen LogP contribution in [0, 0.1) is 0 Å². The molecule has 0 radical (unpaired) electrons. The molecule has 2 N–H and O–H groups in total. The van der Waals surface area contributed by atoms with E-state index in [1.165, 1.54) is 22.3 Å². The highest BCUT2D eigenvalue weighted by molar-refractivity contribution is 5.89. The minimum Gasteiger partial charge on any atom is -0.478 e. The van der Waals surface area contributed by atoms with Crippen molar-refractivity contribution >= 4 is 11.9 Å². The number of hydrogen-bond donors (Lipinski definition) is 2. The number of carbonyl (C=O) groups is 2. The van der Waals surface area contributed by atoms with E-state index in [1.807, 2.05) is 24.3 Å². The lowest BCUT2D eigenvalue weighted by Crippen LogP contribution is -2.36. The summed E-state index contributed by atoms with van der Waals surface area (Å²) < 4.78 is 0. The third kappa shape index (κ3) is 2.37. The van der Waals surface area contributed by atoms with Crippen molar-refractivity contribution in [3.8, 4) is 0 Å². The fourth-order valence-electron chi connectivity index (χ4n) is 6.78. The Morgan fingerprint density at radius 1 is 0.441 bits per heavy atom.